The van der Waals surface area contributed by atoms with Gasteiger partial charge in [0.25, 0.3) is 11.9 Å². The van der Waals surface area contributed by atoms with Crippen molar-refractivity contribution < 1.29 is 28.8 Å². The first-order valence-electron chi connectivity index (χ1n) is 10.0. The van der Waals surface area contributed by atoms with Gasteiger partial charge in [0.05, 0.1) is 18.7 Å². The maximum absolute atomic E-state index is 12.2. The van der Waals surface area contributed by atoms with Crippen LogP contribution in [0.4, 0.5) is 0 Å². The van der Waals surface area contributed by atoms with E-state index in [2.05, 4.69) is 15.0 Å². The molecule has 2 saturated heterocycles. The molecule has 32 heavy (non-hydrogen) atoms. The number of rotatable bonds is 5. The summed E-state index contributed by atoms with van der Waals surface area (Å²) in [6, 6.07) is 8.62. The Hall–Kier alpha value is -2.92. The van der Waals surface area contributed by atoms with E-state index in [0.29, 0.717) is 22.5 Å². The number of nitrogens with one attached hydrogen (secondary N) is 1. The lowest BCUT2D eigenvalue weighted by Gasteiger charge is -2.15. The van der Waals surface area contributed by atoms with Crippen molar-refractivity contribution in [2.45, 2.75) is 24.4 Å². The Labute approximate surface area is 188 Å². The van der Waals surface area contributed by atoms with Crippen LogP contribution < -0.4 is 9.47 Å². The Morgan fingerprint density at radius 2 is 2.03 bits per heavy atom. The van der Waals surface area contributed by atoms with Crippen LogP contribution in [-0.4, -0.2) is 82.6 Å². The monoisotopic (exact) mass is 460 g/mol. The van der Waals surface area contributed by atoms with Gasteiger partial charge < -0.3 is 33.9 Å². The van der Waals surface area contributed by atoms with E-state index >= 15 is 0 Å². The number of amides is 1. The summed E-state index contributed by atoms with van der Waals surface area (Å²) in [7, 11) is 3.36. The van der Waals surface area contributed by atoms with E-state index in [9.17, 15) is 9.90 Å². The molecule has 3 aromatic rings. The Morgan fingerprint density at radius 3 is 2.84 bits per heavy atom. The highest BCUT2D eigenvalue weighted by Gasteiger charge is 2.48. The standard InChI is InChI=1S/C21H21ClN4O6/c1-26(2)20(28)10-4-3-5-11(6-10)31-19-12(22)7-13-18(24-19)25-21(23-13)32-15-9-30-16-14(27)8-29-17(15)16/h3-7,14-17,27H,8-9H2,1-2H3,(H,23,24,25)/t14-,15-,16?,17-/m1/s1. The summed E-state index contributed by atoms with van der Waals surface area (Å²) < 4.78 is 22.9. The summed E-state index contributed by atoms with van der Waals surface area (Å²) in [5.41, 5.74) is 1.40. The van der Waals surface area contributed by atoms with Crippen LogP contribution in [0.2, 0.25) is 5.02 Å². The van der Waals surface area contributed by atoms with Gasteiger partial charge in [-0.15, -0.1) is 0 Å². The number of aromatic amines is 1. The topological polar surface area (TPSA) is 119 Å². The van der Waals surface area contributed by atoms with Crippen LogP contribution in [0.1, 0.15) is 10.4 Å². The SMILES string of the molecule is CN(C)C(=O)c1cccc(Oc2nc3nc(O[C@@H]4COC5[C@H](O)CO[C@@H]54)[nH]c3cc2Cl)c1. The molecule has 0 radical (unpaired) electrons. The van der Waals surface area contributed by atoms with Crippen molar-refractivity contribution in [3.05, 3.63) is 40.9 Å². The summed E-state index contributed by atoms with van der Waals surface area (Å²) in [5, 5.41) is 10.1. The fraction of sp³-hybridized carbons (Fsp3) is 0.381. The molecule has 0 saturated carbocycles. The minimum Gasteiger partial charge on any atom is -0.456 e. The van der Waals surface area contributed by atoms with Crippen molar-refractivity contribution in [2.75, 3.05) is 27.3 Å². The van der Waals surface area contributed by atoms with Gasteiger partial charge >= 0.3 is 0 Å². The first-order valence-corrected chi connectivity index (χ1v) is 10.4. The third kappa shape index (κ3) is 3.86. The van der Waals surface area contributed by atoms with Gasteiger partial charge in [-0.2, -0.15) is 9.97 Å². The molecule has 1 aromatic carbocycles. The maximum atomic E-state index is 12.2. The fourth-order valence-electron chi connectivity index (χ4n) is 3.76. The number of aromatic nitrogens is 3. The summed E-state index contributed by atoms with van der Waals surface area (Å²) in [4.78, 5) is 25.4. The molecule has 1 unspecified atom stereocenters. The van der Waals surface area contributed by atoms with Crippen LogP contribution in [0, 0.1) is 0 Å². The number of pyridine rings is 1. The molecule has 10 nitrogen and oxygen atoms in total. The molecule has 1 amide bonds. The average Bonchev–Trinajstić information content (AvgIpc) is 3.45. The smallest absolute Gasteiger partial charge is 0.296 e. The molecule has 2 aliphatic heterocycles. The number of hydrogen-bond donors (Lipinski definition) is 2. The number of aliphatic hydroxyl groups excluding tert-OH is 1. The highest BCUT2D eigenvalue weighted by Crippen LogP contribution is 2.33. The van der Waals surface area contributed by atoms with Gasteiger partial charge in [-0.05, 0) is 24.3 Å². The van der Waals surface area contributed by atoms with Crippen molar-refractivity contribution in [1.82, 2.24) is 19.9 Å². The zero-order chi connectivity index (χ0) is 22.4. The lowest BCUT2D eigenvalue weighted by Crippen LogP contribution is -2.34. The number of ether oxygens (including phenoxy) is 4. The predicted molar refractivity (Wildman–Crippen MR) is 113 cm³/mol. The first kappa shape index (κ1) is 21.0. The van der Waals surface area contributed by atoms with Crippen LogP contribution in [-0.2, 0) is 9.47 Å². The summed E-state index contributed by atoms with van der Waals surface area (Å²) in [6.07, 6.45) is -1.81. The number of hydrogen-bond acceptors (Lipinski definition) is 8. The third-order valence-corrected chi connectivity index (χ3v) is 5.59. The summed E-state index contributed by atoms with van der Waals surface area (Å²) in [5.74, 6) is 0.429. The van der Waals surface area contributed by atoms with Gasteiger partial charge in [0, 0.05) is 19.7 Å². The van der Waals surface area contributed by atoms with E-state index < -0.39 is 18.3 Å². The lowest BCUT2D eigenvalue weighted by atomic mass is 10.1. The molecule has 4 heterocycles. The van der Waals surface area contributed by atoms with Gasteiger partial charge in [-0.3, -0.25) is 4.79 Å². The molecule has 2 N–H and O–H groups in total. The van der Waals surface area contributed by atoms with E-state index in [0.717, 1.165) is 0 Å². The number of H-pyrrole nitrogens is 1. The van der Waals surface area contributed by atoms with Crippen molar-refractivity contribution in [3.63, 3.8) is 0 Å². The largest absolute Gasteiger partial charge is 0.456 e. The van der Waals surface area contributed by atoms with Crippen molar-refractivity contribution in [2.24, 2.45) is 0 Å². The average molecular weight is 461 g/mol. The Bertz CT molecular complexity index is 1170. The maximum Gasteiger partial charge on any atom is 0.296 e. The summed E-state index contributed by atoms with van der Waals surface area (Å²) in [6.45, 7) is 0.503. The molecule has 0 aliphatic carbocycles. The lowest BCUT2D eigenvalue weighted by molar-refractivity contribution is 0.00706. The van der Waals surface area contributed by atoms with Crippen molar-refractivity contribution >= 4 is 28.7 Å². The molecular weight excluding hydrogens is 440 g/mol. The predicted octanol–water partition coefficient (Wildman–Crippen LogP) is 2.01. The Kier molecular flexibility index (Phi) is 5.38. The minimum atomic E-state index is -0.657. The van der Waals surface area contributed by atoms with Crippen molar-refractivity contribution in [1.29, 1.82) is 0 Å². The van der Waals surface area contributed by atoms with Gasteiger partial charge in [-0.25, -0.2) is 0 Å². The van der Waals surface area contributed by atoms with E-state index in [4.69, 9.17) is 30.5 Å². The second-order valence-corrected chi connectivity index (χ2v) is 8.24. The fourth-order valence-corrected chi connectivity index (χ4v) is 3.95. The van der Waals surface area contributed by atoms with Gasteiger partial charge in [-0.1, -0.05) is 17.7 Å². The number of fused-ring (bicyclic) bond motifs is 2. The Morgan fingerprint density at radius 1 is 1.22 bits per heavy atom. The van der Waals surface area contributed by atoms with Gasteiger partial charge in [0.2, 0.25) is 5.88 Å². The molecule has 0 bridgehead atoms. The zero-order valence-electron chi connectivity index (χ0n) is 17.3. The molecule has 168 valence electrons. The number of aliphatic hydroxyl groups is 1. The number of nitrogens with zero attached hydrogens (tertiary/aromatic N) is 3. The van der Waals surface area contributed by atoms with Crippen LogP contribution in [0.3, 0.4) is 0 Å². The number of imidazole rings is 1. The van der Waals surface area contributed by atoms with Gasteiger partial charge in [0.15, 0.2) is 11.8 Å². The molecule has 0 spiro atoms. The van der Waals surface area contributed by atoms with E-state index in [1.54, 1.807) is 44.4 Å². The first-order chi connectivity index (χ1) is 15.4. The van der Waals surface area contributed by atoms with Gasteiger partial charge in [0.1, 0.15) is 29.1 Å². The van der Waals surface area contributed by atoms with Crippen LogP contribution in [0.25, 0.3) is 11.2 Å². The molecule has 5 rings (SSSR count). The van der Waals surface area contributed by atoms with E-state index in [1.807, 2.05) is 0 Å². The van der Waals surface area contributed by atoms with Crippen LogP contribution >= 0.6 is 11.6 Å². The second kappa shape index (κ2) is 8.21. The minimum absolute atomic E-state index is 0.143. The van der Waals surface area contributed by atoms with Crippen LogP contribution in [0.15, 0.2) is 30.3 Å². The van der Waals surface area contributed by atoms with E-state index in [-0.39, 0.29) is 42.1 Å². The number of halogens is 1. The molecule has 2 fully saturated rings. The number of carbonyl (C=O) groups is 1. The number of benzene rings is 1. The van der Waals surface area contributed by atoms with Crippen molar-refractivity contribution in [3.8, 4) is 17.6 Å². The molecule has 11 heteroatoms. The van der Waals surface area contributed by atoms with E-state index in [1.165, 1.54) is 4.90 Å². The highest BCUT2D eigenvalue weighted by atomic mass is 35.5. The molecule has 4 atom stereocenters. The molecule has 2 aromatic heterocycles. The number of carbonyl (C=O) groups excluding carboxylic acids is 1. The summed E-state index contributed by atoms with van der Waals surface area (Å²) >= 11 is 6.36. The highest BCUT2D eigenvalue weighted by molar-refractivity contribution is 6.32. The molecular formula is C21H21ClN4O6. The Balaban J connectivity index is 1.35. The third-order valence-electron chi connectivity index (χ3n) is 5.32. The molecule has 2 aliphatic rings. The van der Waals surface area contributed by atoms with Crippen LogP contribution in [0.5, 0.6) is 17.6 Å². The quantitative estimate of drug-likeness (QED) is 0.593. The second-order valence-electron chi connectivity index (χ2n) is 7.84. The zero-order valence-corrected chi connectivity index (χ0v) is 18.1. The normalized spacial score (nSPS) is 24.5.